The van der Waals surface area contributed by atoms with Crippen LogP contribution < -0.4 is 4.74 Å². The van der Waals surface area contributed by atoms with Crippen molar-refractivity contribution < 1.29 is 9.84 Å². The molecule has 1 aromatic carbocycles. The molecule has 0 bridgehead atoms. The highest BCUT2D eigenvalue weighted by Crippen LogP contribution is 2.34. The molecule has 0 amide bonds. The van der Waals surface area contributed by atoms with Gasteiger partial charge in [0.15, 0.2) is 0 Å². The third-order valence-electron chi connectivity index (χ3n) is 3.84. The molecule has 3 rings (SSSR count). The van der Waals surface area contributed by atoms with Crippen molar-refractivity contribution in [1.82, 2.24) is 14.5 Å². The smallest absolute Gasteiger partial charge is 0.123 e. The average molecular weight is 273 g/mol. The Balaban J connectivity index is 1.97. The molecule has 2 heterocycles. The Morgan fingerprint density at radius 3 is 3.05 bits per heavy atom. The zero-order valence-corrected chi connectivity index (χ0v) is 11.6. The predicted molar refractivity (Wildman–Crippen MR) is 75.5 cm³/mol. The second kappa shape index (κ2) is 5.64. The van der Waals surface area contributed by atoms with Crippen molar-refractivity contribution in [3.63, 3.8) is 0 Å². The molecule has 1 aromatic heterocycles. The van der Waals surface area contributed by atoms with Gasteiger partial charge in [0.1, 0.15) is 11.6 Å². The molecule has 1 aliphatic rings. The molecule has 2 aromatic rings. The molecule has 0 fully saturated rings. The number of benzene rings is 1. The Kier molecular flexibility index (Phi) is 3.71. The monoisotopic (exact) mass is 273 g/mol. The molecule has 1 N–H and O–H groups in total. The first-order valence-corrected chi connectivity index (χ1v) is 6.81. The van der Waals surface area contributed by atoms with Crippen molar-refractivity contribution >= 4 is 0 Å². The number of β-amino-alcohol motifs (C(OH)–C–C–N with tert-alkyl or cyclic N) is 1. The summed E-state index contributed by atoms with van der Waals surface area (Å²) in [6.07, 6.45) is 3.84. The van der Waals surface area contributed by atoms with Crippen LogP contribution in [0.25, 0.3) is 0 Å². The number of methoxy groups -OCH3 is 1. The normalized spacial score (nSPS) is 18.8. The van der Waals surface area contributed by atoms with Crippen molar-refractivity contribution in [2.75, 3.05) is 20.3 Å². The van der Waals surface area contributed by atoms with Gasteiger partial charge in [-0.05, 0) is 6.07 Å². The fraction of sp³-hybridized carbons (Fsp3) is 0.400. The molecule has 5 heteroatoms. The second-order valence-electron chi connectivity index (χ2n) is 4.95. The van der Waals surface area contributed by atoms with Crippen LogP contribution in [-0.2, 0) is 13.1 Å². The van der Waals surface area contributed by atoms with E-state index in [2.05, 4.69) is 20.5 Å². The third-order valence-corrected chi connectivity index (χ3v) is 3.84. The van der Waals surface area contributed by atoms with Gasteiger partial charge >= 0.3 is 0 Å². The number of rotatable bonds is 4. The summed E-state index contributed by atoms with van der Waals surface area (Å²) in [4.78, 5) is 6.62. The van der Waals surface area contributed by atoms with Gasteiger partial charge in [-0.3, -0.25) is 4.90 Å². The number of nitrogens with zero attached hydrogens (tertiary/aromatic N) is 3. The quantitative estimate of drug-likeness (QED) is 0.916. The SMILES string of the molecule is COc1ccccc1[C@@H]1Cn2ccnc2CN1CCO. The van der Waals surface area contributed by atoms with Crippen LogP contribution in [0.3, 0.4) is 0 Å². The predicted octanol–water partition coefficient (Wildman–Crippen LogP) is 1.44. The van der Waals surface area contributed by atoms with E-state index < -0.39 is 0 Å². The van der Waals surface area contributed by atoms with Gasteiger partial charge in [0, 0.05) is 31.0 Å². The van der Waals surface area contributed by atoms with E-state index in [0.717, 1.165) is 30.2 Å². The molecule has 1 atom stereocenters. The van der Waals surface area contributed by atoms with E-state index in [1.54, 1.807) is 7.11 Å². The van der Waals surface area contributed by atoms with Crippen molar-refractivity contribution in [2.45, 2.75) is 19.1 Å². The zero-order chi connectivity index (χ0) is 13.9. The van der Waals surface area contributed by atoms with Crippen LogP contribution in [0.1, 0.15) is 17.4 Å². The van der Waals surface area contributed by atoms with Gasteiger partial charge in [-0.25, -0.2) is 4.98 Å². The summed E-state index contributed by atoms with van der Waals surface area (Å²) in [5.41, 5.74) is 1.16. The van der Waals surface area contributed by atoms with Crippen LogP contribution in [0.15, 0.2) is 36.7 Å². The average Bonchev–Trinajstić information content (AvgIpc) is 2.94. The first kappa shape index (κ1) is 13.1. The molecular weight excluding hydrogens is 254 g/mol. The van der Waals surface area contributed by atoms with Crippen LogP contribution >= 0.6 is 0 Å². The lowest BCUT2D eigenvalue weighted by atomic mass is 10.0. The highest BCUT2D eigenvalue weighted by Gasteiger charge is 2.29. The van der Waals surface area contributed by atoms with Gasteiger partial charge in [-0.1, -0.05) is 18.2 Å². The maximum Gasteiger partial charge on any atom is 0.123 e. The summed E-state index contributed by atoms with van der Waals surface area (Å²) in [5, 5.41) is 9.31. The van der Waals surface area contributed by atoms with Gasteiger partial charge in [-0.15, -0.1) is 0 Å². The zero-order valence-electron chi connectivity index (χ0n) is 11.6. The second-order valence-corrected chi connectivity index (χ2v) is 4.95. The lowest BCUT2D eigenvalue weighted by molar-refractivity contribution is 0.105. The fourth-order valence-electron chi connectivity index (χ4n) is 2.85. The standard InChI is InChI=1S/C15H19N3O2/c1-20-14-5-3-2-4-12(14)13-10-18-7-6-16-15(18)11-17(13)8-9-19/h2-7,13,19H,8-11H2,1H3/t13-/m0/s1. The summed E-state index contributed by atoms with van der Waals surface area (Å²) < 4.78 is 7.65. The number of aliphatic hydroxyl groups is 1. The molecule has 0 saturated carbocycles. The molecule has 20 heavy (non-hydrogen) atoms. The molecule has 0 unspecified atom stereocenters. The number of aliphatic hydroxyl groups excluding tert-OH is 1. The number of ether oxygens (including phenoxy) is 1. The highest BCUT2D eigenvalue weighted by molar-refractivity contribution is 5.36. The Bertz CT molecular complexity index is 582. The lowest BCUT2D eigenvalue weighted by Crippen LogP contribution is -2.38. The van der Waals surface area contributed by atoms with E-state index in [0.29, 0.717) is 6.54 Å². The highest BCUT2D eigenvalue weighted by atomic mass is 16.5. The largest absolute Gasteiger partial charge is 0.496 e. The maximum absolute atomic E-state index is 9.31. The van der Waals surface area contributed by atoms with Gasteiger partial charge < -0.3 is 14.4 Å². The minimum atomic E-state index is 0.145. The van der Waals surface area contributed by atoms with Crippen molar-refractivity contribution in [3.05, 3.63) is 48.0 Å². The van der Waals surface area contributed by atoms with E-state index in [9.17, 15) is 5.11 Å². The number of imidazole rings is 1. The number of hydrogen-bond donors (Lipinski definition) is 1. The molecule has 0 radical (unpaired) electrons. The van der Waals surface area contributed by atoms with E-state index in [1.165, 1.54) is 0 Å². The van der Waals surface area contributed by atoms with E-state index in [1.807, 2.05) is 30.6 Å². The maximum atomic E-state index is 9.31. The van der Waals surface area contributed by atoms with E-state index in [4.69, 9.17) is 4.74 Å². The van der Waals surface area contributed by atoms with Crippen molar-refractivity contribution in [3.8, 4) is 5.75 Å². The van der Waals surface area contributed by atoms with Gasteiger partial charge in [0.05, 0.1) is 26.3 Å². The molecule has 0 aliphatic carbocycles. The van der Waals surface area contributed by atoms with Gasteiger partial charge in [0.25, 0.3) is 0 Å². The topological polar surface area (TPSA) is 50.5 Å². The lowest BCUT2D eigenvalue weighted by Gasteiger charge is -2.36. The summed E-state index contributed by atoms with van der Waals surface area (Å²) in [6.45, 7) is 2.36. The molecular formula is C15H19N3O2. The first-order valence-electron chi connectivity index (χ1n) is 6.81. The van der Waals surface area contributed by atoms with Crippen LogP contribution in [0.2, 0.25) is 0 Å². The molecule has 5 nitrogen and oxygen atoms in total. The van der Waals surface area contributed by atoms with Crippen LogP contribution in [0, 0.1) is 0 Å². The fourth-order valence-corrected chi connectivity index (χ4v) is 2.85. The summed E-state index contributed by atoms with van der Waals surface area (Å²) in [6, 6.07) is 8.27. The Morgan fingerprint density at radius 2 is 2.25 bits per heavy atom. The third kappa shape index (κ3) is 2.30. The van der Waals surface area contributed by atoms with E-state index >= 15 is 0 Å². The summed E-state index contributed by atoms with van der Waals surface area (Å²) in [5.74, 6) is 1.94. The molecule has 0 spiro atoms. The first-order chi connectivity index (χ1) is 9.83. The van der Waals surface area contributed by atoms with E-state index in [-0.39, 0.29) is 12.6 Å². The Morgan fingerprint density at radius 1 is 1.40 bits per heavy atom. The Hall–Kier alpha value is -1.85. The molecule has 0 saturated heterocycles. The number of para-hydroxylation sites is 1. The Labute approximate surface area is 118 Å². The number of hydrogen-bond acceptors (Lipinski definition) is 4. The van der Waals surface area contributed by atoms with Gasteiger partial charge in [0.2, 0.25) is 0 Å². The van der Waals surface area contributed by atoms with Crippen LogP contribution in [0.4, 0.5) is 0 Å². The van der Waals surface area contributed by atoms with Crippen LogP contribution in [-0.4, -0.2) is 39.8 Å². The van der Waals surface area contributed by atoms with Gasteiger partial charge in [-0.2, -0.15) is 0 Å². The van der Waals surface area contributed by atoms with Crippen LogP contribution in [0.5, 0.6) is 5.75 Å². The molecule has 1 aliphatic heterocycles. The minimum absolute atomic E-state index is 0.145. The minimum Gasteiger partial charge on any atom is -0.496 e. The number of fused-ring (bicyclic) bond motifs is 1. The van der Waals surface area contributed by atoms with Crippen molar-refractivity contribution in [1.29, 1.82) is 0 Å². The summed E-state index contributed by atoms with van der Waals surface area (Å²) >= 11 is 0. The summed E-state index contributed by atoms with van der Waals surface area (Å²) in [7, 11) is 1.70. The number of aromatic nitrogens is 2. The molecule has 106 valence electrons. The van der Waals surface area contributed by atoms with Crippen molar-refractivity contribution in [2.24, 2.45) is 0 Å².